The molecule has 0 aromatic carbocycles. The van der Waals surface area contributed by atoms with Gasteiger partial charge in [0, 0.05) is 5.54 Å². The largest absolute Gasteiger partial charge is 0.314 e. The third-order valence-corrected chi connectivity index (χ3v) is 4.31. The second-order valence-corrected chi connectivity index (χ2v) is 5.06. The molecule has 1 saturated carbocycles. The molecule has 1 nitrogen and oxygen atoms in total. The zero-order valence-corrected chi connectivity index (χ0v) is 10.2. The predicted molar refractivity (Wildman–Crippen MR) is 63.6 cm³/mol. The molecule has 0 heterocycles. The van der Waals surface area contributed by atoms with Crippen molar-refractivity contribution in [3.63, 3.8) is 0 Å². The van der Waals surface area contributed by atoms with Crippen molar-refractivity contribution in [2.24, 2.45) is 5.92 Å². The Morgan fingerprint density at radius 1 is 1.07 bits per heavy atom. The molecule has 1 N–H and O–H groups in total. The molecule has 1 aliphatic carbocycles. The Bertz CT molecular complexity index is 141. The highest BCUT2D eigenvalue weighted by atomic mass is 14.9. The molecule has 0 aliphatic heterocycles. The first-order valence-corrected chi connectivity index (χ1v) is 6.42. The topological polar surface area (TPSA) is 12.0 Å². The van der Waals surface area contributed by atoms with Gasteiger partial charge in [-0.1, -0.05) is 39.0 Å². The zero-order chi connectivity index (χ0) is 10.4. The summed E-state index contributed by atoms with van der Waals surface area (Å²) in [6.45, 7) is 4.72. The van der Waals surface area contributed by atoms with Crippen LogP contribution >= 0.6 is 0 Å². The standard InChI is InChI=1S/C13H27N/c1-4-13(2,14-3)12-10-8-6-5-7-9-11-12/h12,14H,4-11H2,1-3H3. The van der Waals surface area contributed by atoms with Crippen LogP contribution in [0.1, 0.15) is 65.2 Å². The van der Waals surface area contributed by atoms with E-state index in [1.54, 1.807) is 0 Å². The Morgan fingerprint density at radius 3 is 2.00 bits per heavy atom. The van der Waals surface area contributed by atoms with E-state index >= 15 is 0 Å². The normalized spacial score (nSPS) is 25.1. The molecule has 1 atom stereocenters. The van der Waals surface area contributed by atoms with Gasteiger partial charge in [-0.15, -0.1) is 0 Å². The summed E-state index contributed by atoms with van der Waals surface area (Å²) in [5.41, 5.74) is 0.386. The van der Waals surface area contributed by atoms with E-state index in [2.05, 4.69) is 26.2 Å². The Balaban J connectivity index is 2.53. The maximum atomic E-state index is 3.55. The molecular formula is C13H27N. The van der Waals surface area contributed by atoms with Crippen molar-refractivity contribution in [1.82, 2.24) is 5.32 Å². The third-order valence-electron chi connectivity index (χ3n) is 4.31. The lowest BCUT2D eigenvalue weighted by Crippen LogP contribution is -2.46. The second-order valence-electron chi connectivity index (χ2n) is 5.06. The number of hydrogen-bond donors (Lipinski definition) is 1. The molecule has 1 rings (SSSR count). The number of nitrogens with one attached hydrogen (secondary N) is 1. The van der Waals surface area contributed by atoms with E-state index in [0.29, 0.717) is 5.54 Å². The summed E-state index contributed by atoms with van der Waals surface area (Å²) >= 11 is 0. The first-order valence-electron chi connectivity index (χ1n) is 6.42. The monoisotopic (exact) mass is 197 g/mol. The molecule has 0 amide bonds. The number of hydrogen-bond acceptors (Lipinski definition) is 1. The summed E-state index contributed by atoms with van der Waals surface area (Å²) in [7, 11) is 2.13. The van der Waals surface area contributed by atoms with Crippen LogP contribution in [0.4, 0.5) is 0 Å². The molecule has 0 aromatic heterocycles. The molecule has 0 aromatic rings. The summed E-state index contributed by atoms with van der Waals surface area (Å²) in [6.07, 6.45) is 11.4. The molecule has 0 spiro atoms. The highest BCUT2D eigenvalue weighted by Crippen LogP contribution is 2.32. The van der Waals surface area contributed by atoms with Crippen molar-refractivity contribution in [2.45, 2.75) is 70.8 Å². The first-order chi connectivity index (χ1) is 6.73. The van der Waals surface area contributed by atoms with Crippen LogP contribution in [0.5, 0.6) is 0 Å². The first kappa shape index (κ1) is 12.0. The second kappa shape index (κ2) is 5.75. The van der Waals surface area contributed by atoms with Crippen molar-refractivity contribution < 1.29 is 0 Å². The lowest BCUT2D eigenvalue weighted by molar-refractivity contribution is 0.194. The molecule has 1 heteroatoms. The van der Waals surface area contributed by atoms with Crippen LogP contribution in [0.2, 0.25) is 0 Å². The smallest absolute Gasteiger partial charge is 0.0175 e. The summed E-state index contributed by atoms with van der Waals surface area (Å²) < 4.78 is 0. The minimum Gasteiger partial charge on any atom is -0.314 e. The molecule has 0 radical (unpaired) electrons. The Hall–Kier alpha value is -0.0400. The Kier molecular flexibility index (Phi) is 4.94. The highest BCUT2D eigenvalue weighted by Gasteiger charge is 2.30. The van der Waals surface area contributed by atoms with Gasteiger partial charge in [0.2, 0.25) is 0 Å². The highest BCUT2D eigenvalue weighted by molar-refractivity contribution is 4.88. The van der Waals surface area contributed by atoms with Crippen LogP contribution in [0.15, 0.2) is 0 Å². The fourth-order valence-electron chi connectivity index (χ4n) is 2.76. The fourth-order valence-corrected chi connectivity index (χ4v) is 2.76. The summed E-state index contributed by atoms with van der Waals surface area (Å²) in [5, 5.41) is 3.55. The van der Waals surface area contributed by atoms with Gasteiger partial charge in [-0.3, -0.25) is 0 Å². The SMILES string of the molecule is CCC(C)(NC)C1CCCCCCC1. The zero-order valence-electron chi connectivity index (χ0n) is 10.2. The van der Waals surface area contributed by atoms with Crippen molar-refractivity contribution >= 4 is 0 Å². The predicted octanol–water partition coefficient (Wildman–Crippen LogP) is 3.74. The minimum atomic E-state index is 0.386. The van der Waals surface area contributed by atoms with Gasteiger partial charge in [0.25, 0.3) is 0 Å². The quantitative estimate of drug-likeness (QED) is 0.727. The van der Waals surface area contributed by atoms with E-state index in [1.165, 1.54) is 51.4 Å². The average Bonchev–Trinajstić information content (AvgIpc) is 2.16. The maximum absolute atomic E-state index is 3.55. The van der Waals surface area contributed by atoms with Gasteiger partial charge < -0.3 is 5.32 Å². The minimum absolute atomic E-state index is 0.386. The molecular weight excluding hydrogens is 170 g/mol. The molecule has 84 valence electrons. The van der Waals surface area contributed by atoms with Gasteiger partial charge in [-0.2, -0.15) is 0 Å². The van der Waals surface area contributed by atoms with E-state index < -0.39 is 0 Å². The van der Waals surface area contributed by atoms with E-state index in [9.17, 15) is 0 Å². The van der Waals surface area contributed by atoms with Gasteiger partial charge in [-0.25, -0.2) is 0 Å². The van der Waals surface area contributed by atoms with Gasteiger partial charge in [0.1, 0.15) is 0 Å². The summed E-state index contributed by atoms with van der Waals surface area (Å²) in [6, 6.07) is 0. The van der Waals surface area contributed by atoms with E-state index in [-0.39, 0.29) is 0 Å². The Morgan fingerprint density at radius 2 is 1.57 bits per heavy atom. The van der Waals surface area contributed by atoms with Crippen molar-refractivity contribution in [3.8, 4) is 0 Å². The average molecular weight is 197 g/mol. The lowest BCUT2D eigenvalue weighted by Gasteiger charge is -2.38. The van der Waals surface area contributed by atoms with Crippen LogP contribution in [0.3, 0.4) is 0 Å². The lowest BCUT2D eigenvalue weighted by atomic mass is 9.76. The van der Waals surface area contributed by atoms with E-state index in [0.717, 1.165) is 5.92 Å². The molecule has 1 aliphatic rings. The third kappa shape index (κ3) is 2.98. The fraction of sp³-hybridized carbons (Fsp3) is 1.00. The summed E-state index contributed by atoms with van der Waals surface area (Å²) in [4.78, 5) is 0. The van der Waals surface area contributed by atoms with E-state index in [1.807, 2.05) is 0 Å². The maximum Gasteiger partial charge on any atom is 0.0175 e. The molecule has 0 bridgehead atoms. The van der Waals surface area contributed by atoms with Crippen molar-refractivity contribution in [3.05, 3.63) is 0 Å². The van der Waals surface area contributed by atoms with Gasteiger partial charge >= 0.3 is 0 Å². The van der Waals surface area contributed by atoms with Crippen LogP contribution in [-0.2, 0) is 0 Å². The van der Waals surface area contributed by atoms with Gasteiger partial charge in [0.15, 0.2) is 0 Å². The van der Waals surface area contributed by atoms with Gasteiger partial charge in [0.05, 0.1) is 0 Å². The number of rotatable bonds is 3. The van der Waals surface area contributed by atoms with E-state index in [4.69, 9.17) is 0 Å². The van der Waals surface area contributed by atoms with Crippen LogP contribution in [0.25, 0.3) is 0 Å². The summed E-state index contributed by atoms with van der Waals surface area (Å²) in [5.74, 6) is 0.901. The van der Waals surface area contributed by atoms with Gasteiger partial charge in [-0.05, 0) is 39.2 Å². The van der Waals surface area contributed by atoms with Crippen molar-refractivity contribution in [2.75, 3.05) is 7.05 Å². The molecule has 0 saturated heterocycles. The molecule has 1 unspecified atom stereocenters. The van der Waals surface area contributed by atoms with Crippen LogP contribution in [0, 0.1) is 5.92 Å². The van der Waals surface area contributed by atoms with Crippen LogP contribution in [-0.4, -0.2) is 12.6 Å². The van der Waals surface area contributed by atoms with Crippen LogP contribution < -0.4 is 5.32 Å². The molecule has 14 heavy (non-hydrogen) atoms. The molecule has 1 fully saturated rings. The van der Waals surface area contributed by atoms with Crippen molar-refractivity contribution in [1.29, 1.82) is 0 Å². The Labute approximate surface area is 89.7 Å².